The van der Waals surface area contributed by atoms with Gasteiger partial charge in [-0.2, -0.15) is 0 Å². The van der Waals surface area contributed by atoms with Crippen LogP contribution in [0.25, 0.3) is 0 Å². The molecule has 27 heavy (non-hydrogen) atoms. The standard InChI is InChI=1S/C21H26N2O4/c1-13(2)19(23-20(24)15-9-7-6-8-10-15)21(25)22-16-12-18(27-5)17(26-4)11-14(16)3/h6-13,19H,1-5H3,(H,22,25)(H,23,24). The Morgan fingerprint density at radius 2 is 1.56 bits per heavy atom. The molecular formula is C21H26N2O4. The molecule has 144 valence electrons. The Morgan fingerprint density at radius 1 is 0.963 bits per heavy atom. The van der Waals surface area contributed by atoms with E-state index in [4.69, 9.17) is 9.47 Å². The van der Waals surface area contributed by atoms with E-state index in [9.17, 15) is 9.59 Å². The van der Waals surface area contributed by atoms with Crippen LogP contribution in [0.4, 0.5) is 5.69 Å². The Labute approximate surface area is 159 Å². The highest BCUT2D eigenvalue weighted by molar-refractivity contribution is 6.01. The Bertz CT molecular complexity index is 803. The topological polar surface area (TPSA) is 76.7 Å². The van der Waals surface area contributed by atoms with Gasteiger partial charge < -0.3 is 20.1 Å². The van der Waals surface area contributed by atoms with E-state index < -0.39 is 6.04 Å². The molecule has 0 spiro atoms. The van der Waals surface area contributed by atoms with E-state index in [1.165, 1.54) is 7.11 Å². The number of nitrogens with one attached hydrogen (secondary N) is 2. The fourth-order valence-corrected chi connectivity index (χ4v) is 2.67. The molecule has 0 aliphatic carbocycles. The van der Waals surface area contributed by atoms with Gasteiger partial charge in [0.1, 0.15) is 6.04 Å². The minimum Gasteiger partial charge on any atom is -0.493 e. The largest absolute Gasteiger partial charge is 0.493 e. The molecule has 0 heterocycles. The predicted octanol–water partition coefficient (Wildman–Crippen LogP) is 3.41. The van der Waals surface area contributed by atoms with E-state index in [0.717, 1.165) is 5.56 Å². The van der Waals surface area contributed by atoms with E-state index in [-0.39, 0.29) is 17.7 Å². The molecule has 6 heteroatoms. The number of hydrogen-bond acceptors (Lipinski definition) is 4. The number of rotatable bonds is 7. The third kappa shape index (κ3) is 5.00. The van der Waals surface area contributed by atoms with Crippen molar-refractivity contribution in [2.75, 3.05) is 19.5 Å². The first kappa shape index (κ1) is 20.3. The molecule has 2 N–H and O–H groups in total. The lowest BCUT2D eigenvalue weighted by molar-refractivity contribution is -0.118. The number of methoxy groups -OCH3 is 2. The highest BCUT2D eigenvalue weighted by Gasteiger charge is 2.25. The second kappa shape index (κ2) is 9.07. The van der Waals surface area contributed by atoms with Gasteiger partial charge in [0.15, 0.2) is 11.5 Å². The number of carbonyl (C=O) groups is 2. The van der Waals surface area contributed by atoms with Crippen molar-refractivity contribution >= 4 is 17.5 Å². The van der Waals surface area contributed by atoms with Crippen LogP contribution in [0.2, 0.25) is 0 Å². The van der Waals surface area contributed by atoms with Gasteiger partial charge in [-0.25, -0.2) is 0 Å². The van der Waals surface area contributed by atoms with Gasteiger partial charge in [0.05, 0.1) is 14.2 Å². The summed E-state index contributed by atoms with van der Waals surface area (Å²) in [4.78, 5) is 25.3. The summed E-state index contributed by atoms with van der Waals surface area (Å²) < 4.78 is 10.6. The summed E-state index contributed by atoms with van der Waals surface area (Å²) in [6.07, 6.45) is 0. The molecule has 0 aliphatic heterocycles. The van der Waals surface area contributed by atoms with E-state index in [1.54, 1.807) is 43.5 Å². The molecule has 0 saturated carbocycles. The van der Waals surface area contributed by atoms with Crippen molar-refractivity contribution in [3.05, 3.63) is 53.6 Å². The van der Waals surface area contributed by atoms with Crippen LogP contribution >= 0.6 is 0 Å². The van der Waals surface area contributed by atoms with Gasteiger partial charge >= 0.3 is 0 Å². The van der Waals surface area contributed by atoms with Crippen molar-refractivity contribution in [1.82, 2.24) is 5.32 Å². The number of carbonyl (C=O) groups excluding carboxylic acids is 2. The Balaban J connectivity index is 2.19. The van der Waals surface area contributed by atoms with Gasteiger partial charge in [-0.1, -0.05) is 32.0 Å². The maximum absolute atomic E-state index is 12.8. The number of hydrogen-bond donors (Lipinski definition) is 2. The van der Waals surface area contributed by atoms with Crippen LogP contribution in [-0.4, -0.2) is 32.1 Å². The van der Waals surface area contributed by atoms with Crippen molar-refractivity contribution in [2.45, 2.75) is 26.8 Å². The summed E-state index contributed by atoms with van der Waals surface area (Å²) in [5.74, 6) is 0.454. The van der Waals surface area contributed by atoms with E-state index >= 15 is 0 Å². The molecule has 2 rings (SSSR count). The average molecular weight is 370 g/mol. The number of benzene rings is 2. The van der Waals surface area contributed by atoms with Crippen molar-refractivity contribution in [1.29, 1.82) is 0 Å². The summed E-state index contributed by atoms with van der Waals surface area (Å²) in [6.45, 7) is 5.64. The molecule has 1 unspecified atom stereocenters. The zero-order valence-corrected chi connectivity index (χ0v) is 16.3. The number of amides is 2. The lowest BCUT2D eigenvalue weighted by Gasteiger charge is -2.22. The fraction of sp³-hybridized carbons (Fsp3) is 0.333. The summed E-state index contributed by atoms with van der Waals surface area (Å²) in [6, 6.07) is 11.7. The quantitative estimate of drug-likeness (QED) is 0.783. The van der Waals surface area contributed by atoms with Crippen LogP contribution in [0.15, 0.2) is 42.5 Å². The molecular weight excluding hydrogens is 344 g/mol. The molecule has 0 bridgehead atoms. The molecule has 1 atom stereocenters. The second-order valence-corrected chi connectivity index (χ2v) is 6.57. The van der Waals surface area contributed by atoms with Gasteiger partial charge in [-0.3, -0.25) is 9.59 Å². The lowest BCUT2D eigenvalue weighted by Crippen LogP contribution is -2.47. The minimum absolute atomic E-state index is 0.0851. The maximum Gasteiger partial charge on any atom is 0.251 e. The molecule has 0 aliphatic rings. The smallest absolute Gasteiger partial charge is 0.251 e. The zero-order valence-electron chi connectivity index (χ0n) is 16.3. The lowest BCUT2D eigenvalue weighted by atomic mass is 10.0. The molecule has 2 aromatic rings. The van der Waals surface area contributed by atoms with Crippen LogP contribution in [-0.2, 0) is 4.79 Å². The van der Waals surface area contributed by atoms with Crippen molar-refractivity contribution in [3.8, 4) is 11.5 Å². The van der Waals surface area contributed by atoms with Crippen LogP contribution < -0.4 is 20.1 Å². The fourth-order valence-electron chi connectivity index (χ4n) is 2.67. The predicted molar refractivity (Wildman–Crippen MR) is 105 cm³/mol. The van der Waals surface area contributed by atoms with Gasteiger partial charge in [0, 0.05) is 17.3 Å². The Hall–Kier alpha value is -3.02. The SMILES string of the molecule is COc1cc(C)c(NC(=O)C(NC(=O)c2ccccc2)C(C)C)cc1OC. The summed E-state index contributed by atoms with van der Waals surface area (Å²) in [5.41, 5.74) is 1.95. The summed E-state index contributed by atoms with van der Waals surface area (Å²) in [5, 5.41) is 5.70. The van der Waals surface area contributed by atoms with Crippen molar-refractivity contribution in [3.63, 3.8) is 0 Å². The number of anilines is 1. The first-order chi connectivity index (χ1) is 12.9. The Kier molecular flexibility index (Phi) is 6.82. The number of ether oxygens (including phenoxy) is 2. The van der Waals surface area contributed by atoms with Crippen molar-refractivity contribution in [2.24, 2.45) is 5.92 Å². The first-order valence-electron chi connectivity index (χ1n) is 8.76. The number of aryl methyl sites for hydroxylation is 1. The molecule has 2 amide bonds. The monoisotopic (exact) mass is 370 g/mol. The zero-order chi connectivity index (χ0) is 20.0. The van der Waals surface area contributed by atoms with E-state index in [0.29, 0.717) is 22.7 Å². The third-order valence-electron chi connectivity index (χ3n) is 4.26. The molecule has 6 nitrogen and oxygen atoms in total. The van der Waals surface area contributed by atoms with Crippen LogP contribution in [0.1, 0.15) is 29.8 Å². The molecule has 0 aromatic heterocycles. The van der Waals surface area contributed by atoms with Crippen molar-refractivity contribution < 1.29 is 19.1 Å². The highest BCUT2D eigenvalue weighted by atomic mass is 16.5. The van der Waals surface area contributed by atoms with Crippen LogP contribution in [0.3, 0.4) is 0 Å². The molecule has 0 saturated heterocycles. The Morgan fingerprint density at radius 3 is 2.11 bits per heavy atom. The third-order valence-corrected chi connectivity index (χ3v) is 4.26. The average Bonchev–Trinajstić information content (AvgIpc) is 2.67. The van der Waals surface area contributed by atoms with Crippen LogP contribution in [0.5, 0.6) is 11.5 Å². The van der Waals surface area contributed by atoms with E-state index in [2.05, 4.69) is 10.6 Å². The molecule has 0 radical (unpaired) electrons. The van der Waals surface area contributed by atoms with Gasteiger partial charge in [-0.15, -0.1) is 0 Å². The van der Waals surface area contributed by atoms with Gasteiger partial charge in [0.25, 0.3) is 5.91 Å². The normalized spacial score (nSPS) is 11.6. The minimum atomic E-state index is -0.676. The van der Waals surface area contributed by atoms with Gasteiger partial charge in [-0.05, 0) is 36.6 Å². The van der Waals surface area contributed by atoms with Crippen LogP contribution in [0, 0.1) is 12.8 Å². The highest BCUT2D eigenvalue weighted by Crippen LogP contribution is 2.33. The molecule has 2 aromatic carbocycles. The maximum atomic E-state index is 12.8. The van der Waals surface area contributed by atoms with Gasteiger partial charge in [0.2, 0.25) is 5.91 Å². The molecule has 0 fully saturated rings. The summed E-state index contributed by atoms with van der Waals surface area (Å²) >= 11 is 0. The first-order valence-corrected chi connectivity index (χ1v) is 8.76. The second-order valence-electron chi connectivity index (χ2n) is 6.57. The van der Waals surface area contributed by atoms with E-state index in [1.807, 2.05) is 26.8 Å². The summed E-state index contributed by atoms with van der Waals surface area (Å²) in [7, 11) is 3.10.